The monoisotopic (exact) mass is 396 g/mol. The van der Waals surface area contributed by atoms with E-state index in [0.29, 0.717) is 11.5 Å². The minimum Gasteiger partial charge on any atom is -0.496 e. The summed E-state index contributed by atoms with van der Waals surface area (Å²) in [5, 5.41) is -1.55. The van der Waals surface area contributed by atoms with Crippen molar-refractivity contribution >= 4 is 20.2 Å². The zero-order valence-corrected chi connectivity index (χ0v) is 18.2. The number of carbonyl (C=O) groups excluding carboxylic acids is 2. The van der Waals surface area contributed by atoms with Gasteiger partial charge in [0, 0.05) is 0 Å². The lowest BCUT2D eigenvalue weighted by molar-refractivity contribution is -0.159. The van der Waals surface area contributed by atoms with Crippen molar-refractivity contribution in [3.63, 3.8) is 0 Å². The zero-order chi connectivity index (χ0) is 21.0. The lowest BCUT2D eigenvalue weighted by Crippen LogP contribution is -2.48. The van der Waals surface area contributed by atoms with Crippen LogP contribution in [-0.2, 0) is 14.1 Å². The molecule has 150 valence electrons. The number of rotatable bonds is 8. The Kier molecular flexibility index (Phi) is 7.56. The van der Waals surface area contributed by atoms with Gasteiger partial charge in [-0.3, -0.25) is 14.2 Å². The highest BCUT2D eigenvalue weighted by Crippen LogP contribution is 2.43. The number of carbonyl (C=O) groups is 2. The van der Waals surface area contributed by atoms with E-state index in [9.17, 15) is 14.2 Å². The van der Waals surface area contributed by atoms with Gasteiger partial charge >= 0.3 is 5.97 Å². The van der Waals surface area contributed by atoms with Gasteiger partial charge in [-0.2, -0.15) is 0 Å². The zero-order valence-electron chi connectivity index (χ0n) is 17.3. The number of ether oxygens (including phenoxy) is 3. The summed E-state index contributed by atoms with van der Waals surface area (Å²) >= 11 is 0. The van der Waals surface area contributed by atoms with E-state index < -0.39 is 31.1 Å². The summed E-state index contributed by atoms with van der Waals surface area (Å²) in [6, 6.07) is 5.00. The van der Waals surface area contributed by atoms with Crippen molar-refractivity contribution in [1.82, 2.24) is 0 Å². The first-order valence-electron chi connectivity index (χ1n) is 8.76. The van der Waals surface area contributed by atoms with Crippen molar-refractivity contribution in [1.29, 1.82) is 0 Å². The minimum absolute atomic E-state index is 0.222. The normalized spacial score (nSPS) is 15.1. The molecule has 0 aliphatic heterocycles. The molecule has 2 atom stereocenters. The molecule has 0 fully saturated rings. The van der Waals surface area contributed by atoms with Crippen LogP contribution in [0.3, 0.4) is 0 Å². The largest absolute Gasteiger partial charge is 0.496 e. The molecule has 0 amide bonds. The van der Waals surface area contributed by atoms with E-state index in [1.54, 1.807) is 52.8 Å². The molecule has 6 nitrogen and oxygen atoms in total. The molecule has 7 heteroatoms. The van der Waals surface area contributed by atoms with Crippen molar-refractivity contribution in [3.05, 3.63) is 23.8 Å². The van der Waals surface area contributed by atoms with Crippen molar-refractivity contribution in [2.24, 2.45) is 11.8 Å². The van der Waals surface area contributed by atoms with E-state index in [1.807, 2.05) is 0 Å². The summed E-state index contributed by atoms with van der Waals surface area (Å²) < 4.78 is 28.2. The minimum atomic E-state index is -1.55. The summed E-state index contributed by atoms with van der Waals surface area (Å²) in [6.45, 7) is 10.3. The molecule has 0 N–H and O–H groups in total. The molecular formula is C20H29O6P. The average Bonchev–Trinajstić information content (AvgIpc) is 2.58. The van der Waals surface area contributed by atoms with Crippen molar-refractivity contribution in [2.45, 2.75) is 52.3 Å². The smallest absolute Gasteiger partial charge is 0.324 e. The van der Waals surface area contributed by atoms with Gasteiger partial charge in [-0.25, -0.2) is 0 Å². The first kappa shape index (κ1) is 23.1. The van der Waals surface area contributed by atoms with E-state index in [-0.39, 0.29) is 17.3 Å². The Bertz CT molecular complexity index is 685. The first-order chi connectivity index (χ1) is 12.4. The molecule has 0 aliphatic rings. The Morgan fingerprint density at radius 3 is 1.81 bits per heavy atom. The van der Waals surface area contributed by atoms with Crippen LogP contribution < -0.4 is 9.47 Å². The third-order valence-electron chi connectivity index (χ3n) is 4.23. The highest BCUT2D eigenvalue weighted by molar-refractivity contribution is 7.27. The molecule has 0 aromatic heterocycles. The summed E-state index contributed by atoms with van der Waals surface area (Å²) in [6.07, 6.45) is 0. The highest BCUT2D eigenvalue weighted by atomic mass is 31.1. The Morgan fingerprint density at radius 2 is 1.48 bits per heavy atom. The molecule has 0 saturated heterocycles. The Balaban J connectivity index is 3.54. The maximum absolute atomic E-state index is 13.5. The maximum atomic E-state index is 13.5. The number of ketones is 1. The second-order valence-corrected chi connectivity index (χ2v) is 8.98. The predicted octanol–water partition coefficient (Wildman–Crippen LogP) is 4.55. The van der Waals surface area contributed by atoms with Gasteiger partial charge in [0.2, 0.25) is 0 Å². The molecular weight excluding hydrogens is 367 g/mol. The topological polar surface area (TPSA) is 78.9 Å². The third kappa shape index (κ3) is 5.07. The molecule has 0 bridgehead atoms. The molecule has 1 aromatic rings. The molecule has 0 heterocycles. The van der Waals surface area contributed by atoms with Crippen LogP contribution in [0.2, 0.25) is 0 Å². The average molecular weight is 396 g/mol. The van der Waals surface area contributed by atoms with Crippen LogP contribution in [-0.4, -0.2) is 36.7 Å². The van der Waals surface area contributed by atoms with Gasteiger partial charge in [0.25, 0.3) is 0 Å². The Labute approximate surface area is 162 Å². The summed E-state index contributed by atoms with van der Waals surface area (Å²) in [7, 11) is 2.42. The fourth-order valence-electron chi connectivity index (χ4n) is 3.06. The van der Waals surface area contributed by atoms with Gasteiger partial charge in [0.1, 0.15) is 22.7 Å². The summed E-state index contributed by atoms with van der Waals surface area (Å²) in [5.41, 5.74) is -0.546. The fourth-order valence-corrected chi connectivity index (χ4v) is 3.71. The molecule has 0 aliphatic carbocycles. The van der Waals surface area contributed by atoms with E-state index in [1.165, 1.54) is 21.1 Å². The second kappa shape index (κ2) is 8.83. The van der Waals surface area contributed by atoms with Crippen molar-refractivity contribution < 1.29 is 28.4 Å². The highest BCUT2D eigenvalue weighted by Gasteiger charge is 2.51. The standard InChI is InChI=1S/C20H29O6P/c1-12(2)16(20(6,27-23)18(22)26-19(3,4)5)17(21)15-13(24-7)10-9-11-14(15)25-8/h9-12,16H,1-8H3. The van der Waals surface area contributed by atoms with Crippen LogP contribution in [0.1, 0.15) is 51.9 Å². The van der Waals surface area contributed by atoms with Crippen LogP contribution in [0.15, 0.2) is 18.2 Å². The molecule has 0 saturated carbocycles. The predicted molar refractivity (Wildman–Crippen MR) is 104 cm³/mol. The SMILES string of the molecule is COc1cccc(OC)c1C(=O)C(C(C)C)C(C)(P=O)C(=O)OC(C)(C)C. The second-order valence-electron chi connectivity index (χ2n) is 7.86. The van der Waals surface area contributed by atoms with E-state index in [0.717, 1.165) is 0 Å². The molecule has 1 rings (SSSR count). The van der Waals surface area contributed by atoms with Gasteiger partial charge in [-0.1, -0.05) is 19.9 Å². The lowest BCUT2D eigenvalue weighted by atomic mass is 9.77. The fraction of sp³-hybridized carbons (Fsp3) is 0.600. The molecule has 1 aromatic carbocycles. The van der Waals surface area contributed by atoms with Crippen LogP contribution in [0.5, 0.6) is 11.5 Å². The van der Waals surface area contributed by atoms with E-state index in [2.05, 4.69) is 0 Å². The van der Waals surface area contributed by atoms with Gasteiger partial charge in [-0.15, -0.1) is 0 Å². The number of Topliss-reactive ketones (excluding diaryl/α,β-unsaturated/α-hetero) is 1. The van der Waals surface area contributed by atoms with Crippen LogP contribution in [0, 0.1) is 11.8 Å². The number of benzene rings is 1. The van der Waals surface area contributed by atoms with E-state index >= 15 is 0 Å². The van der Waals surface area contributed by atoms with Crippen LogP contribution in [0.25, 0.3) is 0 Å². The number of methoxy groups -OCH3 is 2. The first-order valence-corrected chi connectivity index (χ1v) is 9.57. The van der Waals surface area contributed by atoms with Crippen molar-refractivity contribution in [2.75, 3.05) is 14.2 Å². The van der Waals surface area contributed by atoms with E-state index in [4.69, 9.17) is 14.2 Å². The molecule has 27 heavy (non-hydrogen) atoms. The van der Waals surface area contributed by atoms with Crippen LogP contribution in [0.4, 0.5) is 0 Å². The Morgan fingerprint density at radius 1 is 1.00 bits per heavy atom. The third-order valence-corrected chi connectivity index (χ3v) is 5.07. The van der Waals surface area contributed by atoms with Crippen molar-refractivity contribution in [3.8, 4) is 11.5 Å². The van der Waals surface area contributed by atoms with Gasteiger partial charge in [0.15, 0.2) is 19.4 Å². The molecule has 0 radical (unpaired) electrons. The number of hydrogen-bond acceptors (Lipinski definition) is 6. The van der Waals surface area contributed by atoms with Crippen LogP contribution >= 0.6 is 8.46 Å². The Hall–Kier alpha value is -1.94. The molecule has 2 unspecified atom stereocenters. The summed E-state index contributed by atoms with van der Waals surface area (Å²) in [4.78, 5) is 26.4. The number of hydrogen-bond donors (Lipinski definition) is 0. The van der Waals surface area contributed by atoms with Gasteiger partial charge in [0.05, 0.1) is 20.1 Å². The van der Waals surface area contributed by atoms with Gasteiger partial charge in [-0.05, 0) is 45.7 Å². The lowest BCUT2D eigenvalue weighted by Gasteiger charge is -2.34. The quantitative estimate of drug-likeness (QED) is 0.364. The van der Waals surface area contributed by atoms with Gasteiger partial charge < -0.3 is 14.2 Å². The maximum Gasteiger partial charge on any atom is 0.324 e. The number of esters is 1. The molecule has 0 spiro atoms. The summed E-state index contributed by atoms with van der Waals surface area (Å²) in [5.74, 6) is -1.59.